The number of hydrogen-bond donors (Lipinski definition) is 0. The van der Waals surface area contributed by atoms with Crippen LogP contribution in [0.3, 0.4) is 0 Å². The van der Waals surface area contributed by atoms with Crippen LogP contribution in [0, 0.1) is 5.92 Å². The molecule has 2 fully saturated rings. The van der Waals surface area contributed by atoms with Gasteiger partial charge in [0.2, 0.25) is 0 Å². The molecule has 0 aromatic carbocycles. The Labute approximate surface area is 97.2 Å². The summed E-state index contributed by atoms with van der Waals surface area (Å²) >= 11 is 0. The first-order valence-electron chi connectivity index (χ1n) is 7.08. The maximum atomic E-state index is 2.59. The summed E-state index contributed by atoms with van der Waals surface area (Å²) in [5, 5.41) is 0. The topological polar surface area (TPSA) is 3.24 Å². The Morgan fingerprint density at radius 1 is 0.800 bits per heavy atom. The maximum Gasteiger partial charge on any atom is 0.0120 e. The van der Waals surface area contributed by atoms with E-state index in [-0.39, 0.29) is 0 Å². The quantitative estimate of drug-likeness (QED) is 0.579. The van der Waals surface area contributed by atoms with Gasteiger partial charge < -0.3 is 4.90 Å². The maximum absolute atomic E-state index is 2.59. The van der Waals surface area contributed by atoms with Gasteiger partial charge in [-0.2, -0.15) is 0 Å². The second-order valence-electron chi connectivity index (χ2n) is 4.23. The number of fused-ring (bicyclic) bond motifs is 1. The van der Waals surface area contributed by atoms with Crippen LogP contribution in [0.1, 0.15) is 66.2 Å². The molecule has 1 aliphatic carbocycles. The summed E-state index contributed by atoms with van der Waals surface area (Å²) in [6.45, 7) is 9.35. The van der Waals surface area contributed by atoms with E-state index < -0.39 is 0 Å². The number of hydrogen-bond acceptors (Lipinski definition) is 1. The molecule has 2 aliphatic rings. The number of rotatable bonds is 0. The molecule has 0 aromatic heterocycles. The first-order chi connectivity index (χ1) is 7.38. The van der Waals surface area contributed by atoms with Crippen molar-refractivity contribution in [1.82, 2.24) is 4.90 Å². The third-order valence-corrected chi connectivity index (χ3v) is 3.52. The van der Waals surface area contributed by atoms with E-state index in [2.05, 4.69) is 11.9 Å². The molecule has 0 aromatic rings. The van der Waals surface area contributed by atoms with E-state index in [1.807, 2.05) is 27.7 Å². The monoisotopic (exact) mass is 213 g/mol. The van der Waals surface area contributed by atoms with Gasteiger partial charge in [0.15, 0.2) is 0 Å². The molecule has 2 unspecified atom stereocenters. The van der Waals surface area contributed by atoms with Crippen molar-refractivity contribution in [1.29, 1.82) is 0 Å². The average Bonchev–Trinajstić information content (AvgIpc) is 2.35. The van der Waals surface area contributed by atoms with Crippen molar-refractivity contribution < 1.29 is 0 Å². The Balaban J connectivity index is 0.000000442. The fraction of sp³-hybridized carbons (Fsp3) is 1.00. The van der Waals surface area contributed by atoms with Crippen LogP contribution in [0.15, 0.2) is 0 Å². The zero-order valence-corrected chi connectivity index (χ0v) is 11.6. The summed E-state index contributed by atoms with van der Waals surface area (Å²) in [7, 11) is 2.31. The summed E-state index contributed by atoms with van der Waals surface area (Å²) in [4.78, 5) is 2.59. The van der Waals surface area contributed by atoms with Gasteiger partial charge >= 0.3 is 0 Å². The molecule has 0 N–H and O–H groups in total. The number of piperidine rings is 1. The molecule has 0 bridgehead atoms. The van der Waals surface area contributed by atoms with E-state index in [0.717, 1.165) is 12.0 Å². The standard InChI is InChI=1S/C10H19N.2C2H6/c1-11-8-4-6-9-5-2-3-7-10(9)11;2*1-2/h9-10H,2-8H2,1H3;2*1-2H3. The van der Waals surface area contributed by atoms with Gasteiger partial charge in [-0.3, -0.25) is 0 Å². The van der Waals surface area contributed by atoms with Crippen molar-refractivity contribution in [3.8, 4) is 0 Å². The molecule has 2 atom stereocenters. The van der Waals surface area contributed by atoms with Gasteiger partial charge in [-0.15, -0.1) is 0 Å². The van der Waals surface area contributed by atoms with Gasteiger partial charge in [0, 0.05) is 6.04 Å². The first-order valence-corrected chi connectivity index (χ1v) is 7.08. The SMILES string of the molecule is CC.CC.CN1CCCC2CCCCC21. The Kier molecular flexibility index (Phi) is 9.18. The highest BCUT2D eigenvalue weighted by Crippen LogP contribution is 2.34. The first kappa shape index (κ1) is 15.0. The normalized spacial score (nSPS) is 30.2. The van der Waals surface area contributed by atoms with Crippen molar-refractivity contribution in [3.63, 3.8) is 0 Å². The van der Waals surface area contributed by atoms with Crippen molar-refractivity contribution in [3.05, 3.63) is 0 Å². The molecule has 1 saturated carbocycles. The zero-order chi connectivity index (χ0) is 11.7. The molecule has 2 rings (SSSR count). The van der Waals surface area contributed by atoms with Crippen molar-refractivity contribution in [2.75, 3.05) is 13.6 Å². The third-order valence-electron chi connectivity index (χ3n) is 3.52. The van der Waals surface area contributed by atoms with Crippen LogP contribution >= 0.6 is 0 Å². The van der Waals surface area contributed by atoms with Gasteiger partial charge in [-0.25, -0.2) is 0 Å². The smallest absolute Gasteiger partial charge is 0.0120 e. The summed E-state index contributed by atoms with van der Waals surface area (Å²) in [5.41, 5.74) is 0. The lowest BCUT2D eigenvalue weighted by Gasteiger charge is -2.42. The second kappa shape index (κ2) is 9.21. The molecule has 1 heterocycles. The molecular weight excluding hydrogens is 182 g/mol. The van der Waals surface area contributed by atoms with Gasteiger partial charge in [-0.1, -0.05) is 40.5 Å². The van der Waals surface area contributed by atoms with Gasteiger partial charge in [0.25, 0.3) is 0 Å². The molecule has 1 nitrogen and oxygen atoms in total. The van der Waals surface area contributed by atoms with E-state index in [1.54, 1.807) is 0 Å². The Bertz CT molecular complexity index is 131. The molecule has 1 heteroatoms. The summed E-state index contributed by atoms with van der Waals surface area (Å²) in [6, 6.07) is 0.956. The van der Waals surface area contributed by atoms with Gasteiger partial charge in [0.05, 0.1) is 0 Å². The number of likely N-dealkylation sites (tertiary alicyclic amines) is 1. The van der Waals surface area contributed by atoms with Gasteiger partial charge in [0.1, 0.15) is 0 Å². The molecular formula is C14H31N. The van der Waals surface area contributed by atoms with Crippen LogP contribution < -0.4 is 0 Å². The van der Waals surface area contributed by atoms with Crippen molar-refractivity contribution in [2.45, 2.75) is 72.3 Å². The minimum Gasteiger partial charge on any atom is -0.303 e. The Hall–Kier alpha value is -0.0400. The minimum absolute atomic E-state index is 0.956. The lowest BCUT2D eigenvalue weighted by atomic mass is 9.79. The summed E-state index contributed by atoms with van der Waals surface area (Å²) in [5.74, 6) is 1.06. The minimum atomic E-state index is 0.956. The Morgan fingerprint density at radius 3 is 1.93 bits per heavy atom. The third kappa shape index (κ3) is 4.55. The van der Waals surface area contributed by atoms with Crippen LogP contribution in [0.4, 0.5) is 0 Å². The van der Waals surface area contributed by atoms with Crippen LogP contribution in [0.2, 0.25) is 0 Å². The Morgan fingerprint density at radius 2 is 1.33 bits per heavy atom. The van der Waals surface area contributed by atoms with Crippen molar-refractivity contribution in [2.24, 2.45) is 5.92 Å². The molecule has 92 valence electrons. The largest absolute Gasteiger partial charge is 0.303 e. The van der Waals surface area contributed by atoms with Crippen LogP contribution in [0.5, 0.6) is 0 Å². The van der Waals surface area contributed by atoms with E-state index in [0.29, 0.717) is 0 Å². The molecule has 0 amide bonds. The molecule has 1 aliphatic heterocycles. The van der Waals surface area contributed by atoms with Gasteiger partial charge in [-0.05, 0) is 45.2 Å². The van der Waals surface area contributed by atoms with E-state index in [1.165, 1.54) is 45.1 Å². The highest BCUT2D eigenvalue weighted by atomic mass is 15.1. The van der Waals surface area contributed by atoms with Crippen LogP contribution in [0.25, 0.3) is 0 Å². The van der Waals surface area contributed by atoms with E-state index >= 15 is 0 Å². The number of nitrogens with zero attached hydrogens (tertiary/aromatic N) is 1. The highest BCUT2D eigenvalue weighted by Gasteiger charge is 2.30. The average molecular weight is 213 g/mol. The predicted molar refractivity (Wildman–Crippen MR) is 70.3 cm³/mol. The van der Waals surface area contributed by atoms with Crippen LogP contribution in [-0.4, -0.2) is 24.5 Å². The van der Waals surface area contributed by atoms with E-state index in [4.69, 9.17) is 0 Å². The molecule has 0 radical (unpaired) electrons. The molecule has 0 spiro atoms. The lowest BCUT2D eigenvalue weighted by Crippen LogP contribution is -2.44. The zero-order valence-electron chi connectivity index (χ0n) is 11.6. The summed E-state index contributed by atoms with van der Waals surface area (Å²) < 4.78 is 0. The summed E-state index contributed by atoms with van der Waals surface area (Å²) in [6.07, 6.45) is 8.91. The predicted octanol–water partition coefficient (Wildman–Crippen LogP) is 4.32. The second-order valence-corrected chi connectivity index (χ2v) is 4.23. The van der Waals surface area contributed by atoms with Crippen molar-refractivity contribution >= 4 is 0 Å². The lowest BCUT2D eigenvalue weighted by molar-refractivity contribution is 0.0841. The fourth-order valence-electron chi connectivity index (χ4n) is 2.87. The highest BCUT2D eigenvalue weighted by molar-refractivity contribution is 4.85. The van der Waals surface area contributed by atoms with E-state index in [9.17, 15) is 0 Å². The van der Waals surface area contributed by atoms with Crippen LogP contribution in [-0.2, 0) is 0 Å². The fourth-order valence-corrected chi connectivity index (χ4v) is 2.87. The molecule has 1 saturated heterocycles. The molecule has 15 heavy (non-hydrogen) atoms.